The van der Waals surface area contributed by atoms with Crippen LogP contribution in [0.25, 0.3) is 0 Å². The average Bonchev–Trinajstić information content (AvgIpc) is 2.94. The second-order valence-corrected chi connectivity index (χ2v) is 5.38. The standard InChI is InChI=1S/C15H26N4O2/c1-3-8-18-11-7-16-14(18)12-17-13-5-9-19(10-6-13)15(20)21-4-2/h7,11,13,17H,3-6,8-10,12H2,1-2H3. The molecule has 0 aromatic carbocycles. The van der Waals surface area contributed by atoms with Crippen LogP contribution in [-0.2, 0) is 17.8 Å². The molecule has 1 aromatic rings. The molecule has 1 N–H and O–H groups in total. The maximum atomic E-state index is 11.6. The minimum Gasteiger partial charge on any atom is -0.450 e. The summed E-state index contributed by atoms with van der Waals surface area (Å²) in [5, 5.41) is 3.55. The van der Waals surface area contributed by atoms with Gasteiger partial charge in [-0.2, -0.15) is 0 Å². The molecule has 21 heavy (non-hydrogen) atoms. The zero-order valence-electron chi connectivity index (χ0n) is 13.0. The van der Waals surface area contributed by atoms with Crippen molar-refractivity contribution < 1.29 is 9.53 Å². The van der Waals surface area contributed by atoms with Crippen LogP contribution in [0, 0.1) is 0 Å². The Morgan fingerprint density at radius 3 is 2.86 bits per heavy atom. The number of aromatic nitrogens is 2. The van der Waals surface area contributed by atoms with Gasteiger partial charge in [0.15, 0.2) is 0 Å². The first-order valence-corrected chi connectivity index (χ1v) is 7.89. The van der Waals surface area contributed by atoms with Crippen molar-refractivity contribution >= 4 is 6.09 Å². The van der Waals surface area contributed by atoms with Crippen LogP contribution in [0.2, 0.25) is 0 Å². The molecule has 1 aromatic heterocycles. The van der Waals surface area contributed by atoms with E-state index < -0.39 is 0 Å². The van der Waals surface area contributed by atoms with E-state index in [2.05, 4.69) is 21.8 Å². The van der Waals surface area contributed by atoms with Crippen molar-refractivity contribution in [3.8, 4) is 0 Å². The van der Waals surface area contributed by atoms with Gasteiger partial charge in [-0.25, -0.2) is 9.78 Å². The SMILES string of the molecule is CCCn1ccnc1CNC1CCN(C(=O)OCC)CC1. The quantitative estimate of drug-likeness (QED) is 0.872. The maximum absolute atomic E-state index is 11.6. The third-order valence-electron chi connectivity index (χ3n) is 3.84. The maximum Gasteiger partial charge on any atom is 0.409 e. The van der Waals surface area contributed by atoms with E-state index in [1.54, 1.807) is 4.90 Å². The Labute approximate surface area is 126 Å². The highest BCUT2D eigenvalue weighted by molar-refractivity contribution is 5.67. The predicted octanol–water partition coefficient (Wildman–Crippen LogP) is 2.00. The fourth-order valence-corrected chi connectivity index (χ4v) is 2.67. The largest absolute Gasteiger partial charge is 0.450 e. The molecule has 0 saturated carbocycles. The number of likely N-dealkylation sites (tertiary alicyclic amines) is 1. The molecule has 6 heteroatoms. The van der Waals surface area contributed by atoms with Crippen LogP contribution in [0.5, 0.6) is 0 Å². The van der Waals surface area contributed by atoms with Crippen LogP contribution in [0.3, 0.4) is 0 Å². The van der Waals surface area contributed by atoms with Crippen molar-refractivity contribution in [1.29, 1.82) is 0 Å². The van der Waals surface area contributed by atoms with Crippen LogP contribution in [0.4, 0.5) is 4.79 Å². The number of hydrogen-bond donors (Lipinski definition) is 1. The Morgan fingerprint density at radius 2 is 2.19 bits per heavy atom. The van der Waals surface area contributed by atoms with E-state index in [1.807, 2.05) is 19.3 Å². The average molecular weight is 294 g/mol. The summed E-state index contributed by atoms with van der Waals surface area (Å²) in [5.41, 5.74) is 0. The molecule has 0 radical (unpaired) electrons. The van der Waals surface area contributed by atoms with Gasteiger partial charge in [0.25, 0.3) is 0 Å². The van der Waals surface area contributed by atoms with Crippen molar-refractivity contribution in [2.75, 3.05) is 19.7 Å². The summed E-state index contributed by atoms with van der Waals surface area (Å²) in [6, 6.07) is 0.447. The van der Waals surface area contributed by atoms with Crippen LogP contribution in [0.1, 0.15) is 38.9 Å². The van der Waals surface area contributed by atoms with E-state index >= 15 is 0 Å². The zero-order chi connectivity index (χ0) is 15.1. The number of piperidine rings is 1. The number of aryl methyl sites for hydroxylation is 1. The summed E-state index contributed by atoms with van der Waals surface area (Å²) in [7, 11) is 0. The van der Waals surface area contributed by atoms with Gasteiger partial charge in [-0.05, 0) is 26.2 Å². The Bertz CT molecular complexity index is 439. The van der Waals surface area contributed by atoms with Crippen LogP contribution < -0.4 is 5.32 Å². The van der Waals surface area contributed by atoms with Gasteiger partial charge >= 0.3 is 6.09 Å². The molecule has 0 bridgehead atoms. The smallest absolute Gasteiger partial charge is 0.409 e. The minimum absolute atomic E-state index is 0.186. The molecule has 2 rings (SSSR count). The molecule has 2 heterocycles. The van der Waals surface area contributed by atoms with Crippen molar-refractivity contribution in [2.45, 2.75) is 52.2 Å². The van der Waals surface area contributed by atoms with Crippen LogP contribution >= 0.6 is 0 Å². The summed E-state index contributed by atoms with van der Waals surface area (Å²) in [6.07, 6.45) is 6.75. The molecular formula is C15H26N4O2. The third-order valence-corrected chi connectivity index (χ3v) is 3.84. The molecule has 0 unspecified atom stereocenters. The van der Waals surface area contributed by atoms with E-state index in [4.69, 9.17) is 4.74 Å². The molecule has 118 valence electrons. The lowest BCUT2D eigenvalue weighted by atomic mass is 10.1. The van der Waals surface area contributed by atoms with Gasteiger partial charge in [0.1, 0.15) is 5.82 Å². The number of nitrogens with one attached hydrogen (secondary N) is 1. The van der Waals surface area contributed by atoms with Gasteiger partial charge in [-0.1, -0.05) is 6.92 Å². The number of rotatable bonds is 6. The summed E-state index contributed by atoms with van der Waals surface area (Å²) in [4.78, 5) is 17.8. The summed E-state index contributed by atoms with van der Waals surface area (Å²) >= 11 is 0. The lowest BCUT2D eigenvalue weighted by molar-refractivity contribution is 0.0949. The highest BCUT2D eigenvalue weighted by Gasteiger charge is 2.23. The number of carbonyl (C=O) groups excluding carboxylic acids is 1. The zero-order valence-corrected chi connectivity index (χ0v) is 13.0. The van der Waals surface area contributed by atoms with Gasteiger partial charge in [0, 0.05) is 38.1 Å². The lowest BCUT2D eigenvalue weighted by Crippen LogP contribution is -2.45. The highest BCUT2D eigenvalue weighted by Crippen LogP contribution is 2.12. The predicted molar refractivity (Wildman–Crippen MR) is 81.0 cm³/mol. The Morgan fingerprint density at radius 1 is 1.43 bits per heavy atom. The molecule has 0 aliphatic carbocycles. The number of ether oxygens (including phenoxy) is 1. The van der Waals surface area contributed by atoms with Crippen molar-refractivity contribution in [2.24, 2.45) is 0 Å². The van der Waals surface area contributed by atoms with Gasteiger partial charge in [-0.15, -0.1) is 0 Å². The van der Waals surface area contributed by atoms with Crippen LogP contribution in [0.15, 0.2) is 12.4 Å². The fraction of sp³-hybridized carbons (Fsp3) is 0.733. The monoisotopic (exact) mass is 294 g/mol. The summed E-state index contributed by atoms with van der Waals surface area (Å²) < 4.78 is 7.23. The topological polar surface area (TPSA) is 59.4 Å². The van der Waals surface area contributed by atoms with Crippen molar-refractivity contribution in [3.63, 3.8) is 0 Å². The summed E-state index contributed by atoms with van der Waals surface area (Å²) in [6.45, 7) is 7.78. The number of nitrogens with zero attached hydrogens (tertiary/aromatic N) is 3. The number of imidazole rings is 1. The van der Waals surface area contributed by atoms with Gasteiger partial charge in [-0.3, -0.25) is 0 Å². The Balaban J connectivity index is 1.73. The first-order chi connectivity index (χ1) is 10.2. The molecule has 1 aliphatic heterocycles. The molecule has 1 fully saturated rings. The Hall–Kier alpha value is -1.56. The first-order valence-electron chi connectivity index (χ1n) is 7.89. The first kappa shape index (κ1) is 15.8. The van der Waals surface area contributed by atoms with Crippen molar-refractivity contribution in [1.82, 2.24) is 19.8 Å². The normalized spacial score (nSPS) is 16.2. The molecule has 0 spiro atoms. The number of carbonyl (C=O) groups is 1. The van der Waals surface area contributed by atoms with E-state index in [0.29, 0.717) is 12.6 Å². The van der Waals surface area contributed by atoms with Crippen molar-refractivity contribution in [3.05, 3.63) is 18.2 Å². The van der Waals surface area contributed by atoms with E-state index in [-0.39, 0.29) is 6.09 Å². The van der Waals surface area contributed by atoms with Gasteiger partial charge in [0.05, 0.1) is 13.2 Å². The molecule has 1 saturated heterocycles. The highest BCUT2D eigenvalue weighted by atomic mass is 16.6. The minimum atomic E-state index is -0.186. The molecule has 1 amide bonds. The van der Waals surface area contributed by atoms with Crippen LogP contribution in [-0.4, -0.2) is 46.3 Å². The Kier molecular flexibility index (Phi) is 6.04. The second kappa shape index (κ2) is 8.02. The van der Waals surface area contributed by atoms with E-state index in [9.17, 15) is 4.79 Å². The second-order valence-electron chi connectivity index (χ2n) is 5.38. The third kappa shape index (κ3) is 4.46. The molecule has 6 nitrogen and oxygen atoms in total. The number of hydrogen-bond acceptors (Lipinski definition) is 4. The summed E-state index contributed by atoms with van der Waals surface area (Å²) in [5.74, 6) is 1.09. The van der Waals surface area contributed by atoms with Gasteiger partial charge in [0.2, 0.25) is 0 Å². The number of amides is 1. The molecule has 0 atom stereocenters. The van der Waals surface area contributed by atoms with E-state index in [1.165, 1.54) is 0 Å². The molecular weight excluding hydrogens is 268 g/mol. The lowest BCUT2D eigenvalue weighted by Gasteiger charge is -2.31. The molecule has 1 aliphatic rings. The fourth-order valence-electron chi connectivity index (χ4n) is 2.67. The van der Waals surface area contributed by atoms with Gasteiger partial charge < -0.3 is 19.5 Å². The van der Waals surface area contributed by atoms with E-state index in [0.717, 1.165) is 51.3 Å².